The minimum atomic E-state index is -4.42. The second kappa shape index (κ2) is 5.74. The minimum absolute atomic E-state index is 0.0529. The Kier molecular flexibility index (Phi) is 4.35. The van der Waals surface area contributed by atoms with Gasteiger partial charge in [-0.05, 0) is 6.42 Å². The van der Waals surface area contributed by atoms with Gasteiger partial charge in [-0.15, -0.1) is 0 Å². The Morgan fingerprint density at radius 2 is 2.29 bits per heavy atom. The molecule has 0 saturated carbocycles. The summed E-state index contributed by atoms with van der Waals surface area (Å²) >= 11 is 0. The van der Waals surface area contributed by atoms with Gasteiger partial charge in [-0.25, -0.2) is 9.98 Å². The molecular weight excluding hydrogens is 301 g/mol. The highest BCUT2D eigenvalue weighted by Gasteiger charge is 2.49. The van der Waals surface area contributed by atoms with Gasteiger partial charge in [-0.3, -0.25) is 9.40 Å². The molecule has 0 fully saturated rings. The fourth-order valence-corrected chi connectivity index (χ4v) is 2.22. The number of hydrogen-bond donors (Lipinski definition) is 5. The normalized spacial score (nSPS) is 25.0. The number of aliphatic hydroxyl groups is 1. The first-order valence-corrected chi connectivity index (χ1v) is 8.16. The molecular formula is C10H18N5O5P. The van der Waals surface area contributed by atoms with Gasteiger partial charge in [0.1, 0.15) is 11.5 Å². The van der Waals surface area contributed by atoms with Gasteiger partial charge in [0, 0.05) is 6.42 Å². The highest BCUT2D eigenvalue weighted by atomic mass is 31.2. The summed E-state index contributed by atoms with van der Waals surface area (Å²) in [6.45, 7) is 1.97. The van der Waals surface area contributed by atoms with E-state index in [4.69, 9.17) is 20.4 Å². The van der Waals surface area contributed by atoms with Gasteiger partial charge >= 0.3 is 13.4 Å². The Hall–Kier alpha value is -1.45. The number of nitrogens with one attached hydrogen (secondary N) is 1. The Balaban J connectivity index is 2.30. The molecule has 1 unspecified atom stereocenters. The third kappa shape index (κ3) is 3.25. The lowest BCUT2D eigenvalue weighted by Crippen LogP contribution is -2.54. The van der Waals surface area contributed by atoms with E-state index in [1.807, 2.05) is 6.92 Å². The fourth-order valence-electron chi connectivity index (χ4n) is 1.96. The van der Waals surface area contributed by atoms with Gasteiger partial charge in [0.05, 0.1) is 6.34 Å². The first-order valence-electron chi connectivity index (χ1n) is 6.36. The number of unbranched alkanes of at least 4 members (excludes halogenated alkanes) is 1. The Bertz CT molecular complexity index is 556. The molecule has 1 atom stereocenters. The summed E-state index contributed by atoms with van der Waals surface area (Å²) in [4.78, 5) is 30.9. The molecule has 6 N–H and O–H groups in total. The summed E-state index contributed by atoms with van der Waals surface area (Å²) in [5.41, 5.74) is 5.86. The van der Waals surface area contributed by atoms with E-state index in [9.17, 15) is 9.67 Å². The van der Waals surface area contributed by atoms with Crippen LogP contribution >= 0.6 is 7.60 Å². The van der Waals surface area contributed by atoms with Crippen molar-refractivity contribution in [3.63, 3.8) is 0 Å². The number of rotatable bonds is 6. The Labute approximate surface area is 121 Å². The van der Waals surface area contributed by atoms with Crippen LogP contribution in [0.4, 0.5) is 0 Å². The van der Waals surface area contributed by atoms with E-state index in [-0.39, 0.29) is 17.4 Å². The molecule has 0 aromatic rings. The molecule has 0 aliphatic carbocycles. The zero-order chi connectivity index (χ0) is 15.7. The van der Waals surface area contributed by atoms with Crippen LogP contribution in [0.1, 0.15) is 26.2 Å². The third-order valence-electron chi connectivity index (χ3n) is 2.92. The summed E-state index contributed by atoms with van der Waals surface area (Å²) < 4.78 is 11.0. The predicted molar refractivity (Wildman–Crippen MR) is 74.6 cm³/mol. The van der Waals surface area contributed by atoms with Crippen molar-refractivity contribution in [2.45, 2.75) is 32.0 Å². The van der Waals surface area contributed by atoms with Crippen molar-refractivity contribution < 1.29 is 24.3 Å². The average molecular weight is 319 g/mol. The van der Waals surface area contributed by atoms with Gasteiger partial charge < -0.3 is 25.9 Å². The van der Waals surface area contributed by atoms with Crippen molar-refractivity contribution in [3.05, 3.63) is 11.5 Å². The van der Waals surface area contributed by atoms with Gasteiger partial charge in [0.25, 0.3) is 0 Å². The molecule has 2 heterocycles. The number of fused-ring (bicyclic) bond motifs is 1. The second-order valence-corrected chi connectivity index (χ2v) is 6.23. The van der Waals surface area contributed by atoms with Crippen molar-refractivity contribution in [1.82, 2.24) is 10.4 Å². The molecule has 0 saturated heterocycles. The molecule has 0 aromatic carbocycles. The summed E-state index contributed by atoms with van der Waals surface area (Å²) in [7, 11) is -4.42. The largest absolute Gasteiger partial charge is 0.382 e. The Morgan fingerprint density at radius 3 is 2.90 bits per heavy atom. The number of hydroxylamine groups is 2. The first-order chi connectivity index (χ1) is 9.78. The van der Waals surface area contributed by atoms with E-state index >= 15 is 0 Å². The lowest BCUT2D eigenvalue weighted by molar-refractivity contribution is -0.219. The van der Waals surface area contributed by atoms with Gasteiger partial charge in [0.2, 0.25) is 0 Å². The molecule has 0 amide bonds. The molecule has 2 aliphatic heterocycles. The van der Waals surface area contributed by atoms with Crippen molar-refractivity contribution in [2.24, 2.45) is 15.7 Å². The lowest BCUT2D eigenvalue weighted by Gasteiger charge is -2.38. The number of aliphatic imine (C=N–C) groups is 2. The van der Waals surface area contributed by atoms with Crippen LogP contribution in [-0.4, -0.2) is 44.3 Å². The van der Waals surface area contributed by atoms with Gasteiger partial charge in [-0.2, -0.15) is 5.06 Å². The monoisotopic (exact) mass is 319 g/mol. The maximum Gasteiger partial charge on any atom is 0.353 e. The summed E-state index contributed by atoms with van der Waals surface area (Å²) in [6.07, 6.45) is 2.34. The van der Waals surface area contributed by atoms with Crippen LogP contribution in [0.3, 0.4) is 0 Å². The molecule has 2 aliphatic rings. The number of amidine groups is 1. The number of hydrogen-bond acceptors (Lipinski definition) is 8. The highest BCUT2D eigenvalue weighted by molar-refractivity contribution is 7.51. The van der Waals surface area contributed by atoms with Crippen LogP contribution < -0.4 is 11.1 Å². The zero-order valence-electron chi connectivity index (χ0n) is 11.4. The molecule has 0 spiro atoms. The molecule has 11 heteroatoms. The van der Waals surface area contributed by atoms with Crippen molar-refractivity contribution >= 4 is 19.8 Å². The molecule has 2 rings (SSSR count). The summed E-state index contributed by atoms with van der Waals surface area (Å²) in [6, 6.07) is 0. The zero-order valence-corrected chi connectivity index (χ0v) is 12.3. The average Bonchev–Trinajstić information content (AvgIpc) is 2.77. The van der Waals surface area contributed by atoms with Crippen LogP contribution in [-0.2, 0) is 9.40 Å². The van der Waals surface area contributed by atoms with E-state index in [1.165, 1.54) is 6.34 Å². The molecule has 0 bridgehead atoms. The van der Waals surface area contributed by atoms with Crippen molar-refractivity contribution in [1.29, 1.82) is 0 Å². The number of nitrogens with two attached hydrogens (primary N) is 1. The fraction of sp³-hybridized carbons (Fsp3) is 0.600. The van der Waals surface area contributed by atoms with Crippen LogP contribution in [0.25, 0.3) is 0 Å². The third-order valence-corrected chi connectivity index (χ3v) is 3.37. The van der Waals surface area contributed by atoms with E-state index in [0.717, 1.165) is 17.9 Å². The predicted octanol–water partition coefficient (Wildman–Crippen LogP) is -0.637. The van der Waals surface area contributed by atoms with Crippen molar-refractivity contribution in [2.75, 3.05) is 6.35 Å². The molecule has 118 valence electrons. The topological polar surface area (TPSA) is 153 Å². The van der Waals surface area contributed by atoms with Crippen LogP contribution in [0, 0.1) is 0 Å². The van der Waals surface area contributed by atoms with Gasteiger partial charge in [0.15, 0.2) is 12.2 Å². The molecule has 0 radical (unpaired) electrons. The van der Waals surface area contributed by atoms with E-state index in [1.54, 1.807) is 0 Å². The number of nitrogens with zero attached hydrogens (tertiary/aromatic N) is 3. The molecule has 10 nitrogen and oxygen atoms in total. The highest BCUT2D eigenvalue weighted by Crippen LogP contribution is 2.38. The second-order valence-electron chi connectivity index (χ2n) is 4.65. The SMILES string of the molecule is CCCCC1=NC(N)=C2NC=NC2(O)N1OCP(=O)(O)O. The summed E-state index contributed by atoms with van der Waals surface area (Å²) in [5.74, 6) is -1.67. The molecule has 0 aromatic heterocycles. The Morgan fingerprint density at radius 1 is 1.57 bits per heavy atom. The molecule has 21 heavy (non-hydrogen) atoms. The first kappa shape index (κ1) is 15.9. The standard InChI is InChI=1S/C10H18N5O5P/c1-2-3-4-7-14-9(11)8-10(16,13-5-12-8)15(7)20-6-21(17,18)19/h5,16H,2-4,6,11H2,1H3,(H,12,13)(H2,17,18,19). The smallest absolute Gasteiger partial charge is 0.353 e. The lowest BCUT2D eigenvalue weighted by atomic mass is 10.2. The van der Waals surface area contributed by atoms with E-state index in [0.29, 0.717) is 6.42 Å². The maximum atomic E-state index is 11.0. The quantitative estimate of drug-likeness (QED) is 0.405. The van der Waals surface area contributed by atoms with Crippen LogP contribution in [0.2, 0.25) is 0 Å². The van der Waals surface area contributed by atoms with E-state index in [2.05, 4.69) is 15.3 Å². The summed E-state index contributed by atoms with van der Waals surface area (Å²) in [5, 5.41) is 14.1. The van der Waals surface area contributed by atoms with Crippen molar-refractivity contribution in [3.8, 4) is 0 Å². The van der Waals surface area contributed by atoms with Crippen LogP contribution in [0.15, 0.2) is 21.5 Å². The minimum Gasteiger partial charge on any atom is -0.382 e. The maximum absolute atomic E-state index is 11.0. The van der Waals surface area contributed by atoms with E-state index < -0.39 is 19.8 Å². The van der Waals surface area contributed by atoms with Crippen LogP contribution in [0.5, 0.6) is 0 Å². The van der Waals surface area contributed by atoms with Gasteiger partial charge in [-0.1, -0.05) is 13.3 Å².